The molecule has 0 bridgehead atoms. The molecule has 0 saturated carbocycles. The van der Waals surface area contributed by atoms with Crippen molar-refractivity contribution < 1.29 is 0 Å². The minimum absolute atomic E-state index is 0.256. The molecule has 5 rings (SSSR count). The zero-order chi connectivity index (χ0) is 24.5. The van der Waals surface area contributed by atoms with Gasteiger partial charge in [0.1, 0.15) is 5.65 Å². The first-order valence-corrected chi connectivity index (χ1v) is 12.6. The summed E-state index contributed by atoms with van der Waals surface area (Å²) in [7, 11) is 0. The summed E-state index contributed by atoms with van der Waals surface area (Å²) in [6.45, 7) is 15.6. The molecule has 2 aromatic heterocycles. The fourth-order valence-electron chi connectivity index (χ4n) is 4.81. The van der Waals surface area contributed by atoms with Gasteiger partial charge in [-0.05, 0) is 59.9 Å². The first-order valence-electron chi connectivity index (χ1n) is 12.6. The maximum absolute atomic E-state index is 4.90. The van der Waals surface area contributed by atoms with Crippen LogP contribution >= 0.6 is 0 Å². The Kier molecular flexibility index (Phi) is 6.79. The van der Waals surface area contributed by atoms with E-state index in [1.807, 2.05) is 6.20 Å². The lowest BCUT2D eigenvalue weighted by Gasteiger charge is -2.19. The van der Waals surface area contributed by atoms with Crippen LogP contribution in [-0.4, -0.2) is 9.38 Å². The van der Waals surface area contributed by atoms with Crippen molar-refractivity contribution in [1.82, 2.24) is 9.38 Å². The summed E-state index contributed by atoms with van der Waals surface area (Å²) in [5.41, 5.74) is 8.89. The molecule has 0 atom stereocenters. The quantitative estimate of drug-likeness (QED) is 0.250. The molecule has 0 amide bonds. The Bertz CT molecular complexity index is 1430. The van der Waals surface area contributed by atoms with Crippen LogP contribution in [0.25, 0.3) is 38.6 Å². The second-order valence-electron chi connectivity index (χ2n) is 10.7. The van der Waals surface area contributed by atoms with Gasteiger partial charge in [-0.2, -0.15) is 0 Å². The van der Waals surface area contributed by atoms with E-state index in [2.05, 4.69) is 114 Å². The molecule has 176 valence electrons. The molecule has 2 nitrogen and oxygen atoms in total. The number of fused-ring (bicyclic) bond motifs is 6. The SMILES string of the molecule is CCCC.Cc1cccc(C)c1-c1cnc2c3ccccc3c3cc(CC(C)(C)C)ccc3n12. The standard InChI is InChI=1S/C28H28N2.C4H10/c1-18-9-8-10-19(2)26(18)25-17-29-27-22-12-7-6-11-21(22)23-15-20(16-28(3,4)5)13-14-24(23)30(25)27;1-3-4-2/h6-15,17H,16H2,1-5H3;3-4H2,1-2H3. The number of hydrogen-bond donors (Lipinski definition) is 0. The summed E-state index contributed by atoms with van der Waals surface area (Å²) >= 11 is 0. The van der Waals surface area contributed by atoms with Gasteiger partial charge in [-0.25, -0.2) is 4.98 Å². The number of aromatic nitrogens is 2. The van der Waals surface area contributed by atoms with Gasteiger partial charge >= 0.3 is 0 Å². The zero-order valence-corrected chi connectivity index (χ0v) is 21.9. The second kappa shape index (κ2) is 9.62. The first-order chi connectivity index (χ1) is 16.2. The number of rotatable bonds is 3. The molecule has 2 heterocycles. The maximum Gasteiger partial charge on any atom is 0.145 e. The van der Waals surface area contributed by atoms with E-state index in [0.29, 0.717) is 0 Å². The number of aryl methyl sites for hydroxylation is 2. The molecule has 3 aromatic carbocycles. The molecule has 2 heteroatoms. The molecule has 0 saturated heterocycles. The van der Waals surface area contributed by atoms with Crippen LogP contribution in [0.15, 0.2) is 66.9 Å². The smallest absolute Gasteiger partial charge is 0.145 e. The van der Waals surface area contributed by atoms with Crippen molar-refractivity contribution in [3.63, 3.8) is 0 Å². The Morgan fingerprint density at radius 1 is 0.765 bits per heavy atom. The third-order valence-corrected chi connectivity index (χ3v) is 6.49. The van der Waals surface area contributed by atoms with E-state index in [9.17, 15) is 0 Å². The van der Waals surface area contributed by atoms with Gasteiger partial charge < -0.3 is 0 Å². The van der Waals surface area contributed by atoms with Crippen molar-refractivity contribution >= 4 is 27.3 Å². The number of nitrogens with zero attached hydrogens (tertiary/aromatic N) is 2. The Labute approximate surface area is 204 Å². The van der Waals surface area contributed by atoms with Gasteiger partial charge in [0.15, 0.2) is 0 Å². The summed E-state index contributed by atoms with van der Waals surface area (Å²) in [5.74, 6) is 0. The summed E-state index contributed by atoms with van der Waals surface area (Å²) in [6.07, 6.45) is 5.74. The normalized spacial score (nSPS) is 11.7. The molecule has 0 spiro atoms. The van der Waals surface area contributed by atoms with Gasteiger partial charge in [0.2, 0.25) is 0 Å². The topological polar surface area (TPSA) is 17.3 Å². The minimum Gasteiger partial charge on any atom is -0.292 e. The van der Waals surface area contributed by atoms with Crippen molar-refractivity contribution in [3.8, 4) is 11.3 Å². The largest absolute Gasteiger partial charge is 0.292 e. The first kappa shape index (κ1) is 24.0. The number of unbranched alkanes of at least 4 members (excludes halogenated alkanes) is 1. The predicted octanol–water partition coefficient (Wildman–Crippen LogP) is 9.32. The van der Waals surface area contributed by atoms with E-state index >= 15 is 0 Å². The number of imidazole rings is 1. The fourth-order valence-corrected chi connectivity index (χ4v) is 4.81. The average molecular weight is 451 g/mol. The van der Waals surface area contributed by atoms with Crippen LogP contribution < -0.4 is 0 Å². The predicted molar refractivity (Wildman–Crippen MR) is 149 cm³/mol. The molecule has 0 unspecified atom stereocenters. The second-order valence-corrected chi connectivity index (χ2v) is 10.7. The lowest BCUT2D eigenvalue weighted by atomic mass is 9.87. The van der Waals surface area contributed by atoms with Crippen LogP contribution in [0.2, 0.25) is 0 Å². The molecule has 0 aliphatic heterocycles. The highest BCUT2D eigenvalue weighted by atomic mass is 15.0. The summed E-state index contributed by atoms with van der Waals surface area (Å²) in [5, 5.41) is 3.77. The molecule has 5 aromatic rings. The van der Waals surface area contributed by atoms with E-state index in [1.54, 1.807) is 0 Å². The van der Waals surface area contributed by atoms with Crippen molar-refractivity contribution in [2.24, 2.45) is 5.41 Å². The molecule has 0 aliphatic carbocycles. The van der Waals surface area contributed by atoms with Crippen LogP contribution in [0.1, 0.15) is 64.2 Å². The Morgan fingerprint density at radius 2 is 1.41 bits per heavy atom. The minimum atomic E-state index is 0.256. The monoisotopic (exact) mass is 450 g/mol. The molecule has 0 fully saturated rings. The van der Waals surface area contributed by atoms with E-state index in [4.69, 9.17) is 4.98 Å². The van der Waals surface area contributed by atoms with Crippen molar-refractivity contribution in [2.45, 2.75) is 67.7 Å². The summed E-state index contributed by atoms with van der Waals surface area (Å²) in [4.78, 5) is 4.90. The zero-order valence-electron chi connectivity index (χ0n) is 21.9. The summed E-state index contributed by atoms with van der Waals surface area (Å²) in [6, 6.07) is 22.1. The van der Waals surface area contributed by atoms with Gasteiger partial charge in [-0.1, -0.05) is 96.0 Å². The van der Waals surface area contributed by atoms with Crippen LogP contribution in [-0.2, 0) is 6.42 Å². The number of hydrogen-bond acceptors (Lipinski definition) is 1. The number of pyridine rings is 1. The van der Waals surface area contributed by atoms with Crippen molar-refractivity contribution in [1.29, 1.82) is 0 Å². The Morgan fingerprint density at radius 3 is 2.03 bits per heavy atom. The van der Waals surface area contributed by atoms with Crippen LogP contribution in [0.3, 0.4) is 0 Å². The summed E-state index contributed by atoms with van der Waals surface area (Å²) < 4.78 is 2.36. The van der Waals surface area contributed by atoms with Gasteiger partial charge in [-0.15, -0.1) is 0 Å². The highest BCUT2D eigenvalue weighted by Gasteiger charge is 2.18. The third-order valence-electron chi connectivity index (χ3n) is 6.49. The van der Waals surface area contributed by atoms with Crippen LogP contribution in [0.4, 0.5) is 0 Å². The lowest BCUT2D eigenvalue weighted by Crippen LogP contribution is -2.09. The molecular formula is C32H38N2. The fraction of sp³-hybridized carbons (Fsp3) is 0.344. The van der Waals surface area contributed by atoms with E-state index in [0.717, 1.165) is 12.1 Å². The lowest BCUT2D eigenvalue weighted by molar-refractivity contribution is 0.411. The molecule has 34 heavy (non-hydrogen) atoms. The third kappa shape index (κ3) is 4.59. The van der Waals surface area contributed by atoms with Gasteiger partial charge in [0, 0.05) is 16.3 Å². The van der Waals surface area contributed by atoms with Crippen molar-refractivity contribution in [3.05, 3.63) is 83.6 Å². The van der Waals surface area contributed by atoms with E-state index < -0.39 is 0 Å². The molecule has 0 N–H and O–H groups in total. The van der Waals surface area contributed by atoms with Gasteiger partial charge in [0.25, 0.3) is 0 Å². The van der Waals surface area contributed by atoms with Gasteiger partial charge in [-0.3, -0.25) is 4.40 Å². The average Bonchev–Trinajstić information content (AvgIpc) is 3.23. The number of benzene rings is 3. The van der Waals surface area contributed by atoms with Crippen LogP contribution in [0, 0.1) is 19.3 Å². The molecule has 0 radical (unpaired) electrons. The van der Waals surface area contributed by atoms with Crippen molar-refractivity contribution in [2.75, 3.05) is 0 Å². The van der Waals surface area contributed by atoms with Crippen LogP contribution in [0.5, 0.6) is 0 Å². The van der Waals surface area contributed by atoms with E-state index in [-0.39, 0.29) is 5.41 Å². The van der Waals surface area contributed by atoms with Gasteiger partial charge in [0.05, 0.1) is 17.4 Å². The van der Waals surface area contributed by atoms with E-state index in [1.165, 1.54) is 62.5 Å². The Hall–Kier alpha value is -3.13. The highest BCUT2D eigenvalue weighted by Crippen LogP contribution is 2.36. The Balaban J connectivity index is 0.000000636. The highest BCUT2D eigenvalue weighted by molar-refractivity contribution is 6.12. The maximum atomic E-state index is 4.90. The molecular weight excluding hydrogens is 412 g/mol. The molecule has 0 aliphatic rings.